The summed E-state index contributed by atoms with van der Waals surface area (Å²) in [5.41, 5.74) is 8.79. The van der Waals surface area contributed by atoms with E-state index >= 15 is 0 Å². The minimum absolute atomic E-state index is 0.579. The molecule has 0 atom stereocenters. The fourth-order valence-corrected chi connectivity index (χ4v) is 8.08. The first kappa shape index (κ1) is 31.1. The maximum Gasteiger partial charge on any atom is 0.164 e. The van der Waals surface area contributed by atoms with Gasteiger partial charge in [-0.05, 0) is 78.8 Å². The van der Waals surface area contributed by atoms with E-state index in [-0.39, 0.29) is 0 Å². The zero-order valence-corrected chi connectivity index (χ0v) is 29.6. The first-order chi connectivity index (χ1) is 27.2. The van der Waals surface area contributed by atoms with Crippen LogP contribution in [0.3, 0.4) is 0 Å². The molecule has 4 nitrogen and oxygen atoms in total. The Labute approximate surface area is 317 Å². The SMILES string of the molecule is c1ccc(-c2ccc(-c3nc(-c4cc(-c5ccccc5)c5c(c4)oc4ccccc45)nc(-c4ccc5c6ccccc6c6ccccc6c5c4)n3)cc2)cc1. The Kier molecular flexibility index (Phi) is 7.14. The molecule has 256 valence electrons. The van der Waals surface area contributed by atoms with E-state index in [0.29, 0.717) is 17.5 Å². The molecule has 55 heavy (non-hydrogen) atoms. The molecule has 0 unspecified atom stereocenters. The number of furan rings is 1. The summed E-state index contributed by atoms with van der Waals surface area (Å²) < 4.78 is 6.51. The van der Waals surface area contributed by atoms with Crippen molar-refractivity contribution in [3.8, 4) is 56.4 Å². The van der Waals surface area contributed by atoms with Crippen LogP contribution in [0.15, 0.2) is 192 Å². The zero-order valence-electron chi connectivity index (χ0n) is 29.6. The van der Waals surface area contributed by atoms with Gasteiger partial charge in [-0.3, -0.25) is 0 Å². The van der Waals surface area contributed by atoms with Crippen molar-refractivity contribution < 1.29 is 4.42 Å². The van der Waals surface area contributed by atoms with E-state index in [4.69, 9.17) is 19.4 Å². The van der Waals surface area contributed by atoms with Crippen molar-refractivity contribution in [2.24, 2.45) is 0 Å². The molecule has 0 saturated heterocycles. The van der Waals surface area contributed by atoms with E-state index in [1.165, 1.54) is 26.9 Å². The minimum Gasteiger partial charge on any atom is -0.456 e. The summed E-state index contributed by atoms with van der Waals surface area (Å²) in [6.07, 6.45) is 0. The topological polar surface area (TPSA) is 51.8 Å². The van der Waals surface area contributed by atoms with Gasteiger partial charge in [0.25, 0.3) is 0 Å². The molecule has 0 N–H and O–H groups in total. The van der Waals surface area contributed by atoms with Crippen molar-refractivity contribution in [1.29, 1.82) is 0 Å². The molecule has 0 aliphatic carbocycles. The molecule has 0 aliphatic heterocycles. The summed E-state index contributed by atoms with van der Waals surface area (Å²) in [5, 5.41) is 9.42. The highest BCUT2D eigenvalue weighted by Gasteiger charge is 2.19. The fraction of sp³-hybridized carbons (Fsp3) is 0. The highest BCUT2D eigenvalue weighted by Crippen LogP contribution is 2.41. The lowest BCUT2D eigenvalue weighted by Gasteiger charge is -2.13. The molecule has 0 amide bonds. The minimum atomic E-state index is 0.579. The van der Waals surface area contributed by atoms with E-state index in [0.717, 1.165) is 66.3 Å². The maximum atomic E-state index is 6.51. The van der Waals surface area contributed by atoms with Gasteiger partial charge in [-0.25, -0.2) is 15.0 Å². The Bertz CT molecular complexity index is 3210. The second kappa shape index (κ2) is 12.6. The summed E-state index contributed by atoms with van der Waals surface area (Å²) in [7, 11) is 0. The van der Waals surface area contributed by atoms with Gasteiger partial charge in [0, 0.05) is 27.5 Å². The lowest BCUT2D eigenvalue weighted by Crippen LogP contribution is -2.00. The first-order valence-electron chi connectivity index (χ1n) is 18.5. The van der Waals surface area contributed by atoms with Gasteiger partial charge < -0.3 is 4.42 Å². The molecular weight excluding hydrogens is 671 g/mol. The molecule has 0 fully saturated rings. The smallest absolute Gasteiger partial charge is 0.164 e. The Morgan fingerprint density at radius 3 is 1.38 bits per heavy atom. The van der Waals surface area contributed by atoms with Gasteiger partial charge in [0.2, 0.25) is 0 Å². The quantitative estimate of drug-likeness (QED) is 0.168. The lowest BCUT2D eigenvalue weighted by atomic mass is 9.93. The summed E-state index contributed by atoms with van der Waals surface area (Å²) in [5.74, 6) is 1.79. The molecular formula is C51H31N3O. The summed E-state index contributed by atoms with van der Waals surface area (Å²) in [6.45, 7) is 0. The largest absolute Gasteiger partial charge is 0.456 e. The van der Waals surface area contributed by atoms with Crippen molar-refractivity contribution in [2.75, 3.05) is 0 Å². The van der Waals surface area contributed by atoms with Crippen molar-refractivity contribution in [3.05, 3.63) is 188 Å². The number of rotatable bonds is 5. The van der Waals surface area contributed by atoms with Crippen LogP contribution in [0.1, 0.15) is 0 Å². The van der Waals surface area contributed by atoms with Gasteiger partial charge in [-0.1, -0.05) is 164 Å². The van der Waals surface area contributed by atoms with Gasteiger partial charge in [-0.15, -0.1) is 0 Å². The van der Waals surface area contributed by atoms with Gasteiger partial charge in [0.15, 0.2) is 17.5 Å². The number of hydrogen-bond acceptors (Lipinski definition) is 4. The molecule has 2 heterocycles. The number of para-hydroxylation sites is 1. The lowest BCUT2D eigenvalue weighted by molar-refractivity contribution is 0.669. The van der Waals surface area contributed by atoms with E-state index < -0.39 is 0 Å². The van der Waals surface area contributed by atoms with Crippen molar-refractivity contribution >= 4 is 54.3 Å². The summed E-state index contributed by atoms with van der Waals surface area (Å²) >= 11 is 0. The van der Waals surface area contributed by atoms with E-state index in [1.807, 2.05) is 24.3 Å². The van der Waals surface area contributed by atoms with Crippen LogP contribution in [0.4, 0.5) is 0 Å². The highest BCUT2D eigenvalue weighted by molar-refractivity contribution is 6.25. The second-order valence-electron chi connectivity index (χ2n) is 14.0. The van der Waals surface area contributed by atoms with Crippen LogP contribution >= 0.6 is 0 Å². The Morgan fingerprint density at radius 2 is 0.727 bits per heavy atom. The van der Waals surface area contributed by atoms with E-state index in [2.05, 4.69) is 164 Å². The molecule has 2 aromatic heterocycles. The first-order valence-corrected chi connectivity index (χ1v) is 18.5. The average Bonchev–Trinajstić information content (AvgIpc) is 3.65. The monoisotopic (exact) mass is 701 g/mol. The molecule has 0 spiro atoms. The molecule has 0 bridgehead atoms. The summed E-state index contributed by atoms with van der Waals surface area (Å²) in [4.78, 5) is 15.6. The Morgan fingerprint density at radius 1 is 0.273 bits per heavy atom. The predicted molar refractivity (Wildman–Crippen MR) is 227 cm³/mol. The molecule has 0 saturated carbocycles. The summed E-state index contributed by atoms with van der Waals surface area (Å²) in [6, 6.07) is 65.7. The second-order valence-corrected chi connectivity index (χ2v) is 14.0. The van der Waals surface area contributed by atoms with Gasteiger partial charge in [-0.2, -0.15) is 0 Å². The van der Waals surface area contributed by atoms with Gasteiger partial charge >= 0.3 is 0 Å². The van der Waals surface area contributed by atoms with Gasteiger partial charge in [0.1, 0.15) is 11.2 Å². The number of aromatic nitrogens is 3. The third-order valence-electron chi connectivity index (χ3n) is 10.7. The van der Waals surface area contributed by atoms with Crippen molar-refractivity contribution in [1.82, 2.24) is 15.0 Å². The molecule has 0 aliphatic rings. The van der Waals surface area contributed by atoms with Gasteiger partial charge in [0.05, 0.1) is 0 Å². The number of nitrogens with zero attached hydrogens (tertiary/aromatic N) is 3. The standard InChI is InChI=1S/C51H31N3O/c1-3-13-32(14-4-1)33-23-25-35(26-24-33)49-52-50(36-27-28-42-40-19-8-7-17-38(40)39-18-9-10-20-41(39)45(42)29-36)54-51(53-49)37-30-44(34-15-5-2-6-16-34)48-43-21-11-12-22-46(43)55-47(48)31-37/h1-31H. The molecule has 11 aromatic rings. The maximum absolute atomic E-state index is 6.51. The van der Waals surface area contributed by atoms with Crippen LogP contribution in [0, 0.1) is 0 Å². The van der Waals surface area contributed by atoms with Crippen LogP contribution in [-0.2, 0) is 0 Å². The van der Waals surface area contributed by atoms with Crippen LogP contribution in [0.25, 0.3) is 111 Å². The average molecular weight is 702 g/mol. The molecule has 9 aromatic carbocycles. The van der Waals surface area contributed by atoms with Crippen molar-refractivity contribution in [3.63, 3.8) is 0 Å². The zero-order chi connectivity index (χ0) is 36.3. The van der Waals surface area contributed by atoms with E-state index in [1.54, 1.807) is 0 Å². The van der Waals surface area contributed by atoms with Crippen LogP contribution < -0.4 is 0 Å². The Balaban J connectivity index is 1.15. The molecule has 4 heteroatoms. The fourth-order valence-electron chi connectivity index (χ4n) is 8.08. The highest BCUT2D eigenvalue weighted by atomic mass is 16.3. The molecule has 0 radical (unpaired) electrons. The number of hydrogen-bond donors (Lipinski definition) is 0. The predicted octanol–water partition coefficient (Wildman–Crippen LogP) is 13.6. The third-order valence-corrected chi connectivity index (χ3v) is 10.7. The molecule has 11 rings (SSSR count). The van der Waals surface area contributed by atoms with E-state index in [9.17, 15) is 0 Å². The Hall–Kier alpha value is -7.43. The van der Waals surface area contributed by atoms with Crippen molar-refractivity contribution in [2.45, 2.75) is 0 Å². The normalized spacial score (nSPS) is 11.6. The number of benzene rings is 9. The van der Waals surface area contributed by atoms with Crippen LogP contribution in [-0.4, -0.2) is 15.0 Å². The number of fused-ring (bicyclic) bond motifs is 9. The van der Waals surface area contributed by atoms with Crippen LogP contribution in [0.2, 0.25) is 0 Å². The third kappa shape index (κ3) is 5.26. The van der Waals surface area contributed by atoms with Crippen LogP contribution in [0.5, 0.6) is 0 Å².